The molecule has 0 aromatic rings. The summed E-state index contributed by atoms with van der Waals surface area (Å²) >= 11 is 0. The molecule has 3 aliphatic heterocycles. The van der Waals surface area contributed by atoms with Gasteiger partial charge in [0.15, 0.2) is 30.1 Å². The lowest BCUT2D eigenvalue weighted by Crippen LogP contribution is -2.84. The first-order valence-corrected chi connectivity index (χ1v) is 10.6. The van der Waals surface area contributed by atoms with Gasteiger partial charge in [0.25, 0.3) is 0 Å². The lowest BCUT2D eigenvalue weighted by atomic mass is 9.66. The van der Waals surface area contributed by atoms with Gasteiger partial charge in [-0.2, -0.15) is 0 Å². The summed E-state index contributed by atoms with van der Waals surface area (Å²) in [6.45, 7) is -3.42. The van der Waals surface area contributed by atoms with Crippen molar-refractivity contribution in [2.75, 3.05) is 19.8 Å². The van der Waals surface area contributed by atoms with E-state index in [-0.39, 0.29) is 0 Å². The number of aliphatic hydroxyl groups excluding tert-OH is 12. The fourth-order valence-electron chi connectivity index (χ4n) is 4.70. The Hall–Kier alpha value is -0.680. The Morgan fingerprint density at radius 1 is 0.629 bits per heavy atom. The van der Waals surface area contributed by atoms with Gasteiger partial charge in [-0.1, -0.05) is 0 Å². The van der Waals surface area contributed by atoms with E-state index in [1.54, 1.807) is 0 Å². The van der Waals surface area contributed by atoms with Gasteiger partial charge >= 0.3 is 0 Å². The van der Waals surface area contributed by atoms with Crippen LogP contribution >= 0.6 is 0 Å². The van der Waals surface area contributed by atoms with E-state index in [1.165, 1.54) is 0 Å². The van der Waals surface area contributed by atoms with Crippen LogP contribution in [0.3, 0.4) is 0 Å². The topological polar surface area (TPSA) is 300 Å². The largest absolute Gasteiger partial charge is 0.394 e. The van der Waals surface area contributed by atoms with Gasteiger partial charge in [-0.05, 0) is 0 Å². The molecule has 13 N–H and O–H groups in total. The first-order chi connectivity index (χ1) is 16.3. The highest BCUT2D eigenvalue weighted by Crippen LogP contribution is 2.46. The molecule has 0 amide bonds. The zero-order valence-corrected chi connectivity index (χ0v) is 18.1. The molecule has 0 bridgehead atoms. The second-order valence-electron chi connectivity index (χ2n) is 8.75. The minimum absolute atomic E-state index is 0.895. The van der Waals surface area contributed by atoms with E-state index in [0.717, 1.165) is 0 Å². The molecule has 0 aliphatic carbocycles. The third-order valence-electron chi connectivity index (χ3n) is 6.82. The van der Waals surface area contributed by atoms with E-state index in [9.17, 15) is 66.4 Å². The van der Waals surface area contributed by atoms with Crippen molar-refractivity contribution in [3.05, 3.63) is 0 Å². The molecule has 3 fully saturated rings. The Balaban J connectivity index is 2.02. The Bertz CT molecular complexity index is 713. The molecular formula is C18H32O17. The van der Waals surface area contributed by atoms with Crippen molar-refractivity contribution in [3.8, 4) is 0 Å². The van der Waals surface area contributed by atoms with Crippen molar-refractivity contribution in [3.63, 3.8) is 0 Å². The van der Waals surface area contributed by atoms with Crippen LogP contribution in [0.1, 0.15) is 0 Å². The highest BCUT2D eigenvalue weighted by atomic mass is 16.7. The van der Waals surface area contributed by atoms with Crippen molar-refractivity contribution in [1.29, 1.82) is 0 Å². The van der Waals surface area contributed by atoms with Gasteiger partial charge in [-0.15, -0.1) is 0 Å². The summed E-state index contributed by atoms with van der Waals surface area (Å²) in [6, 6.07) is 0. The summed E-state index contributed by atoms with van der Waals surface area (Å²) in [4.78, 5) is 0. The standard InChI is InChI=1S/C18H32O17/c19-1-4-10(6(22)8(24)14(29)32-4)34-16-9(25)7(23)12(27)17(3-21,35-16)18(31)11(26)5(2-20)33-15(30)13(18)28/h4-16,19-31H,1-3H2/t4-,5-,6-,7-,8?,9-,10-,11+,12-,13+,14?,15+,16-,17+,18+/m1/s1. The van der Waals surface area contributed by atoms with Gasteiger partial charge in [0, 0.05) is 0 Å². The van der Waals surface area contributed by atoms with Gasteiger partial charge < -0.3 is 85.3 Å². The van der Waals surface area contributed by atoms with E-state index < -0.39 is 111 Å². The third kappa shape index (κ3) is 4.39. The van der Waals surface area contributed by atoms with Crippen LogP contribution in [0.25, 0.3) is 0 Å². The second-order valence-corrected chi connectivity index (χ2v) is 8.75. The fraction of sp³-hybridized carbons (Fsp3) is 1.00. The first-order valence-electron chi connectivity index (χ1n) is 10.6. The molecule has 17 nitrogen and oxygen atoms in total. The van der Waals surface area contributed by atoms with Gasteiger partial charge in [-0.25, -0.2) is 0 Å². The Morgan fingerprint density at radius 2 is 1.20 bits per heavy atom. The van der Waals surface area contributed by atoms with Crippen molar-refractivity contribution >= 4 is 0 Å². The van der Waals surface area contributed by atoms with E-state index >= 15 is 0 Å². The molecule has 206 valence electrons. The predicted octanol–water partition coefficient (Wildman–Crippen LogP) is -8.86. The average molecular weight is 520 g/mol. The van der Waals surface area contributed by atoms with Gasteiger partial charge in [0.1, 0.15) is 61.0 Å². The van der Waals surface area contributed by atoms with Crippen LogP contribution < -0.4 is 0 Å². The first kappa shape index (κ1) is 28.9. The minimum atomic E-state index is -3.29. The summed E-state index contributed by atoms with van der Waals surface area (Å²) < 4.78 is 20.5. The van der Waals surface area contributed by atoms with Crippen LogP contribution in [0.5, 0.6) is 0 Å². The summed E-state index contributed by atoms with van der Waals surface area (Å²) in [5, 5.41) is 133. The monoisotopic (exact) mass is 520 g/mol. The molecule has 3 saturated heterocycles. The molecule has 0 saturated carbocycles. The van der Waals surface area contributed by atoms with Gasteiger partial charge in [0.2, 0.25) is 0 Å². The average Bonchev–Trinajstić information content (AvgIpc) is 2.85. The molecule has 35 heavy (non-hydrogen) atoms. The van der Waals surface area contributed by atoms with Gasteiger partial charge in [0.05, 0.1) is 19.8 Å². The summed E-state index contributed by atoms with van der Waals surface area (Å²) in [5.41, 5.74) is -6.33. The van der Waals surface area contributed by atoms with Crippen LogP contribution in [0, 0.1) is 0 Å². The lowest BCUT2D eigenvalue weighted by Gasteiger charge is -2.60. The normalized spacial score (nSPS) is 55.6. The van der Waals surface area contributed by atoms with Crippen LogP contribution in [0.2, 0.25) is 0 Å². The van der Waals surface area contributed by atoms with E-state index in [4.69, 9.17) is 18.9 Å². The van der Waals surface area contributed by atoms with E-state index in [2.05, 4.69) is 0 Å². The molecule has 0 radical (unpaired) electrons. The van der Waals surface area contributed by atoms with Gasteiger partial charge in [-0.3, -0.25) is 0 Å². The predicted molar refractivity (Wildman–Crippen MR) is 102 cm³/mol. The molecular weight excluding hydrogens is 488 g/mol. The maximum atomic E-state index is 11.3. The number of ether oxygens (including phenoxy) is 4. The maximum Gasteiger partial charge on any atom is 0.187 e. The minimum Gasteiger partial charge on any atom is -0.394 e. The van der Waals surface area contributed by atoms with Crippen molar-refractivity contribution in [1.82, 2.24) is 0 Å². The molecule has 3 heterocycles. The molecule has 3 aliphatic rings. The molecule has 17 heteroatoms. The van der Waals surface area contributed by atoms with Crippen molar-refractivity contribution < 1.29 is 85.3 Å². The maximum absolute atomic E-state index is 11.3. The summed E-state index contributed by atoms with van der Waals surface area (Å²) in [7, 11) is 0. The van der Waals surface area contributed by atoms with Crippen LogP contribution in [-0.4, -0.2) is 177 Å². The molecule has 2 unspecified atom stereocenters. The van der Waals surface area contributed by atoms with E-state index in [1.807, 2.05) is 0 Å². The number of hydrogen-bond donors (Lipinski definition) is 13. The Morgan fingerprint density at radius 3 is 1.74 bits per heavy atom. The highest BCUT2D eigenvalue weighted by molar-refractivity contribution is 5.19. The van der Waals surface area contributed by atoms with Crippen LogP contribution in [0.4, 0.5) is 0 Å². The van der Waals surface area contributed by atoms with E-state index in [0.29, 0.717) is 0 Å². The Kier molecular flexibility index (Phi) is 8.74. The second kappa shape index (κ2) is 10.6. The zero-order chi connectivity index (χ0) is 26.5. The lowest BCUT2D eigenvalue weighted by molar-refractivity contribution is -0.433. The molecule has 0 aromatic heterocycles. The number of hydrogen-bond acceptors (Lipinski definition) is 17. The molecule has 3 rings (SSSR count). The van der Waals surface area contributed by atoms with Crippen molar-refractivity contribution in [2.24, 2.45) is 0 Å². The summed E-state index contributed by atoms with van der Waals surface area (Å²) in [5.74, 6) is 0. The summed E-state index contributed by atoms with van der Waals surface area (Å²) in [6.07, 6.45) is -27.4. The SMILES string of the molecule is OC[C@H]1OC(O)C(O)[C@@H](O)[C@@H]1O[C@@H]1O[C@](CO)([C@@]2(O)[C@@H](O)[C@@H](O)O[C@H](CO)[C@@H]2O)[C@H](O)[C@H](O)[C@H]1O. The van der Waals surface area contributed by atoms with Crippen molar-refractivity contribution in [2.45, 2.75) is 91.1 Å². The zero-order valence-electron chi connectivity index (χ0n) is 18.1. The molecule has 0 spiro atoms. The molecule has 15 atom stereocenters. The van der Waals surface area contributed by atoms with Crippen LogP contribution in [-0.2, 0) is 18.9 Å². The fourth-order valence-corrected chi connectivity index (χ4v) is 4.70. The highest BCUT2D eigenvalue weighted by Gasteiger charge is 2.72. The number of rotatable bonds is 6. The quantitative estimate of drug-likeness (QED) is 0.155. The third-order valence-corrected chi connectivity index (χ3v) is 6.82. The number of aliphatic hydroxyl groups is 13. The smallest absolute Gasteiger partial charge is 0.187 e. The Labute approximate surface area is 197 Å². The molecule has 0 aromatic carbocycles. The van der Waals surface area contributed by atoms with Crippen LogP contribution in [0.15, 0.2) is 0 Å².